The fourth-order valence-corrected chi connectivity index (χ4v) is 5.66. The highest BCUT2D eigenvalue weighted by Crippen LogP contribution is 2.29. The summed E-state index contributed by atoms with van der Waals surface area (Å²) in [4.78, 5) is 33.0. The Bertz CT molecular complexity index is 1150. The normalized spacial score (nSPS) is 18.2. The fourth-order valence-electron chi connectivity index (χ4n) is 4.00. The third-order valence-corrected chi connectivity index (χ3v) is 7.56. The number of aryl methyl sites for hydroxylation is 2. The zero-order valence-electron chi connectivity index (χ0n) is 17.4. The topological polar surface area (TPSA) is 70.5 Å². The number of aliphatic hydroxyl groups excluding tert-OH is 1. The molecule has 0 spiro atoms. The van der Waals surface area contributed by atoms with Crippen LogP contribution in [0.25, 0.3) is 10.4 Å². The monoisotopic (exact) mass is 532 g/mol. The lowest BCUT2D eigenvalue weighted by Gasteiger charge is -2.24. The number of Topliss-reactive ketones (excluding diaryl/α,β-unsaturated/α-hetero) is 1. The van der Waals surface area contributed by atoms with E-state index >= 15 is 0 Å². The number of ketones is 1. The molecule has 0 aliphatic carbocycles. The van der Waals surface area contributed by atoms with Gasteiger partial charge >= 0.3 is 0 Å². The highest BCUT2D eigenvalue weighted by Gasteiger charge is 2.39. The Hall–Kier alpha value is -2.06. The molecule has 8 heteroatoms. The van der Waals surface area contributed by atoms with E-state index in [1.807, 2.05) is 36.7 Å². The van der Waals surface area contributed by atoms with Gasteiger partial charge in [0, 0.05) is 28.9 Å². The maximum Gasteiger partial charge on any atom is 0.255 e. The summed E-state index contributed by atoms with van der Waals surface area (Å²) >= 11 is 11.0. The maximum absolute atomic E-state index is 13.1. The molecule has 1 fully saturated rings. The number of hydrogen-bond donors (Lipinski definition) is 1. The summed E-state index contributed by atoms with van der Waals surface area (Å²) in [5.74, 6) is -0.324. The molecule has 2 heterocycles. The van der Waals surface area contributed by atoms with E-state index in [2.05, 4.69) is 20.9 Å². The largest absolute Gasteiger partial charge is 0.391 e. The minimum Gasteiger partial charge on any atom is -0.391 e. The standard InChI is InChI=1S/C24H22BrClN2O3S/c1-14-23(32-13-27-14)16-5-2-15(3-6-16)4-9-22(30)21-11-18(29)12-28(21)24(31)19-8-7-17(26)10-20(19)25/h2-3,5-8,10,13,18,21,29H,4,9,11-12H2,1H3/t18-,21+/m1/s1. The fraction of sp³-hybridized carbons (Fsp3) is 0.292. The van der Waals surface area contributed by atoms with Crippen LogP contribution in [0, 0.1) is 6.92 Å². The quantitative estimate of drug-likeness (QED) is 0.466. The van der Waals surface area contributed by atoms with Gasteiger partial charge in [-0.15, -0.1) is 11.3 Å². The molecule has 1 aliphatic heterocycles. The van der Waals surface area contributed by atoms with Crippen molar-refractivity contribution in [3.63, 3.8) is 0 Å². The SMILES string of the molecule is Cc1ncsc1-c1ccc(CCC(=O)[C@@H]2C[C@@H](O)CN2C(=O)c2ccc(Cl)cc2Br)cc1. The van der Waals surface area contributed by atoms with E-state index in [9.17, 15) is 14.7 Å². The van der Waals surface area contributed by atoms with Gasteiger partial charge in [0.2, 0.25) is 0 Å². The maximum atomic E-state index is 13.1. The summed E-state index contributed by atoms with van der Waals surface area (Å²) in [7, 11) is 0. The van der Waals surface area contributed by atoms with E-state index in [1.54, 1.807) is 29.5 Å². The molecule has 1 aromatic heterocycles. The molecule has 5 nitrogen and oxygen atoms in total. The lowest BCUT2D eigenvalue weighted by atomic mass is 10.00. The first-order valence-corrected chi connectivity index (χ1v) is 12.3. The number of benzene rings is 2. The molecule has 3 aromatic rings. The van der Waals surface area contributed by atoms with Crippen molar-refractivity contribution in [3.8, 4) is 10.4 Å². The molecule has 166 valence electrons. The molecule has 2 atom stereocenters. The second-order valence-electron chi connectivity index (χ2n) is 7.92. The molecule has 1 amide bonds. The summed E-state index contributed by atoms with van der Waals surface area (Å²) in [6.45, 7) is 2.14. The lowest BCUT2D eigenvalue weighted by Crippen LogP contribution is -2.41. The molecule has 1 N–H and O–H groups in total. The Kier molecular flexibility index (Phi) is 7.10. The van der Waals surface area contributed by atoms with Crippen LogP contribution >= 0.6 is 38.9 Å². The average molecular weight is 534 g/mol. The van der Waals surface area contributed by atoms with Gasteiger partial charge < -0.3 is 10.0 Å². The van der Waals surface area contributed by atoms with Crippen LogP contribution in [0.4, 0.5) is 0 Å². The van der Waals surface area contributed by atoms with Crippen LogP contribution in [-0.2, 0) is 11.2 Å². The minimum absolute atomic E-state index is 0.0395. The summed E-state index contributed by atoms with van der Waals surface area (Å²) in [6.07, 6.45) is 0.447. The smallest absolute Gasteiger partial charge is 0.255 e. The number of β-amino-alcohol motifs (C(OH)–C–C–N with tert-alkyl or cyclic N) is 1. The van der Waals surface area contributed by atoms with Crippen LogP contribution in [0.2, 0.25) is 5.02 Å². The van der Waals surface area contributed by atoms with Crippen LogP contribution < -0.4 is 0 Å². The third kappa shape index (κ3) is 4.96. The predicted molar refractivity (Wildman–Crippen MR) is 130 cm³/mol. The summed E-state index contributed by atoms with van der Waals surface area (Å²) in [5.41, 5.74) is 5.44. The number of thiazole rings is 1. The van der Waals surface area contributed by atoms with Crippen LogP contribution in [0.1, 0.15) is 34.5 Å². The van der Waals surface area contributed by atoms with E-state index in [-0.39, 0.29) is 24.7 Å². The van der Waals surface area contributed by atoms with Gasteiger partial charge in [0.15, 0.2) is 5.78 Å². The molecule has 0 bridgehead atoms. The molecule has 32 heavy (non-hydrogen) atoms. The highest BCUT2D eigenvalue weighted by molar-refractivity contribution is 9.10. The lowest BCUT2D eigenvalue weighted by molar-refractivity contribution is -0.122. The first kappa shape index (κ1) is 23.1. The van der Waals surface area contributed by atoms with Crippen molar-refractivity contribution >= 4 is 50.6 Å². The number of amides is 1. The van der Waals surface area contributed by atoms with Crippen molar-refractivity contribution in [2.24, 2.45) is 0 Å². The zero-order valence-corrected chi connectivity index (χ0v) is 20.6. The number of carbonyl (C=O) groups excluding carboxylic acids is 2. The second kappa shape index (κ2) is 9.83. The molecule has 2 aromatic carbocycles. The van der Waals surface area contributed by atoms with Crippen LogP contribution in [0.5, 0.6) is 0 Å². The summed E-state index contributed by atoms with van der Waals surface area (Å²) in [5, 5.41) is 10.7. The first-order chi connectivity index (χ1) is 15.3. The second-order valence-corrected chi connectivity index (χ2v) is 10.1. The van der Waals surface area contributed by atoms with E-state index in [0.717, 1.165) is 21.7 Å². The first-order valence-electron chi connectivity index (χ1n) is 10.3. The van der Waals surface area contributed by atoms with Crippen molar-refractivity contribution in [1.82, 2.24) is 9.88 Å². The van der Waals surface area contributed by atoms with Gasteiger partial charge in [-0.2, -0.15) is 0 Å². The van der Waals surface area contributed by atoms with Gasteiger partial charge in [-0.1, -0.05) is 35.9 Å². The molecule has 1 saturated heterocycles. The number of rotatable bonds is 6. The van der Waals surface area contributed by atoms with Gasteiger partial charge in [-0.3, -0.25) is 9.59 Å². The Labute approximate surface area is 204 Å². The van der Waals surface area contributed by atoms with Crippen LogP contribution in [0.15, 0.2) is 52.4 Å². The molecule has 1 aliphatic rings. The minimum atomic E-state index is -0.707. The molecule has 0 radical (unpaired) electrons. The Morgan fingerprint density at radius 3 is 2.66 bits per heavy atom. The molecule has 4 rings (SSSR count). The van der Waals surface area contributed by atoms with Gasteiger partial charge in [-0.25, -0.2) is 4.98 Å². The number of aliphatic hydroxyl groups is 1. The zero-order chi connectivity index (χ0) is 22.8. The summed E-state index contributed by atoms with van der Waals surface area (Å²) in [6, 6.07) is 12.4. The molecule has 0 unspecified atom stereocenters. The van der Waals surface area contributed by atoms with Gasteiger partial charge in [0.1, 0.15) is 0 Å². The Morgan fingerprint density at radius 2 is 2.00 bits per heavy atom. The predicted octanol–water partition coefficient (Wildman–Crippen LogP) is 5.31. The number of carbonyl (C=O) groups is 2. The molecular formula is C24H22BrClN2O3S. The summed E-state index contributed by atoms with van der Waals surface area (Å²) < 4.78 is 0.568. The third-order valence-electron chi connectivity index (χ3n) is 5.69. The number of halogens is 2. The number of likely N-dealkylation sites (tertiary alicyclic amines) is 1. The van der Waals surface area contributed by atoms with Crippen molar-refractivity contribution in [2.75, 3.05) is 6.54 Å². The van der Waals surface area contributed by atoms with Crippen molar-refractivity contribution < 1.29 is 14.7 Å². The van der Waals surface area contributed by atoms with E-state index in [4.69, 9.17) is 11.6 Å². The van der Waals surface area contributed by atoms with E-state index in [1.165, 1.54) is 4.90 Å². The van der Waals surface area contributed by atoms with E-state index < -0.39 is 12.1 Å². The van der Waals surface area contributed by atoms with Gasteiger partial charge in [-0.05, 0) is 58.6 Å². The van der Waals surface area contributed by atoms with Crippen molar-refractivity contribution in [3.05, 3.63) is 74.3 Å². The van der Waals surface area contributed by atoms with Crippen molar-refractivity contribution in [1.29, 1.82) is 0 Å². The van der Waals surface area contributed by atoms with Crippen molar-refractivity contribution in [2.45, 2.75) is 38.3 Å². The van der Waals surface area contributed by atoms with E-state index in [0.29, 0.717) is 27.9 Å². The number of nitrogens with zero attached hydrogens (tertiary/aromatic N) is 2. The average Bonchev–Trinajstić information content (AvgIpc) is 3.37. The van der Waals surface area contributed by atoms with Crippen LogP contribution in [0.3, 0.4) is 0 Å². The number of hydrogen-bond acceptors (Lipinski definition) is 5. The van der Waals surface area contributed by atoms with Crippen LogP contribution in [-0.4, -0.2) is 45.4 Å². The van der Waals surface area contributed by atoms with Gasteiger partial charge in [0.05, 0.1) is 33.8 Å². The Morgan fingerprint density at radius 1 is 1.25 bits per heavy atom. The Balaban J connectivity index is 1.42. The molecule has 0 saturated carbocycles. The molecular weight excluding hydrogens is 512 g/mol. The van der Waals surface area contributed by atoms with Gasteiger partial charge in [0.25, 0.3) is 5.91 Å². The number of aromatic nitrogens is 1. The highest BCUT2D eigenvalue weighted by atomic mass is 79.9.